The predicted molar refractivity (Wildman–Crippen MR) is 59.8 cm³/mol. The van der Waals surface area contributed by atoms with Gasteiger partial charge in [0.2, 0.25) is 0 Å². The van der Waals surface area contributed by atoms with Gasteiger partial charge < -0.3 is 10.6 Å². The largest absolute Gasteiger partial charge is 0.341 e. The van der Waals surface area contributed by atoms with Crippen molar-refractivity contribution in [3.05, 3.63) is 36.6 Å². The average Bonchev–Trinajstić information content (AvgIpc) is 2.13. The van der Waals surface area contributed by atoms with E-state index in [1.165, 1.54) is 0 Å². The lowest BCUT2D eigenvalue weighted by Crippen LogP contribution is -2.31. The molecule has 3 nitrogen and oxygen atoms in total. The molecule has 0 aromatic rings. The first-order valence-corrected chi connectivity index (χ1v) is 4.52. The molecule has 2 amide bonds. The fourth-order valence-corrected chi connectivity index (χ4v) is 0.650. The molecule has 78 valence electrons. The van der Waals surface area contributed by atoms with Crippen LogP contribution in [0, 0.1) is 5.92 Å². The molecule has 0 aliphatic carbocycles. The Labute approximate surface area is 85.6 Å². The second-order valence-corrected chi connectivity index (χ2v) is 3.29. The highest BCUT2D eigenvalue weighted by Crippen LogP contribution is 2.08. The van der Waals surface area contributed by atoms with Crippen molar-refractivity contribution < 1.29 is 4.79 Å². The molecule has 0 saturated heterocycles. The van der Waals surface area contributed by atoms with E-state index in [-0.39, 0.29) is 6.03 Å². The van der Waals surface area contributed by atoms with Gasteiger partial charge in [-0.15, -0.1) is 0 Å². The van der Waals surface area contributed by atoms with Crippen molar-refractivity contribution in [3.8, 4) is 0 Å². The minimum absolute atomic E-state index is 0.269. The van der Waals surface area contributed by atoms with Crippen LogP contribution in [0.15, 0.2) is 36.6 Å². The number of nitrogens with one attached hydrogen (secondary N) is 2. The maximum atomic E-state index is 10.9. The second-order valence-electron chi connectivity index (χ2n) is 3.29. The highest BCUT2D eigenvalue weighted by atomic mass is 16.2. The van der Waals surface area contributed by atoms with Crippen molar-refractivity contribution in [3.63, 3.8) is 0 Å². The van der Waals surface area contributed by atoms with Gasteiger partial charge in [0.1, 0.15) is 0 Å². The van der Waals surface area contributed by atoms with Crippen LogP contribution in [-0.2, 0) is 0 Å². The van der Waals surface area contributed by atoms with E-state index in [1.807, 2.05) is 6.08 Å². The van der Waals surface area contributed by atoms with Crippen LogP contribution in [0.25, 0.3) is 0 Å². The molecular formula is C11H18N2O. The van der Waals surface area contributed by atoms with Crippen LogP contribution in [0.5, 0.6) is 0 Å². The summed E-state index contributed by atoms with van der Waals surface area (Å²) in [5.74, 6) is 0.402. The zero-order chi connectivity index (χ0) is 11.1. The molecule has 0 aliphatic heterocycles. The van der Waals surface area contributed by atoms with Gasteiger partial charge >= 0.3 is 6.03 Å². The third-order valence-corrected chi connectivity index (χ3v) is 1.74. The summed E-state index contributed by atoms with van der Waals surface area (Å²) < 4.78 is 0. The van der Waals surface area contributed by atoms with E-state index in [1.54, 1.807) is 13.1 Å². The highest BCUT2D eigenvalue weighted by Gasteiger charge is 1.97. The Morgan fingerprint density at radius 2 is 1.86 bits per heavy atom. The zero-order valence-corrected chi connectivity index (χ0v) is 9.05. The second kappa shape index (κ2) is 6.02. The van der Waals surface area contributed by atoms with E-state index in [4.69, 9.17) is 0 Å². The standard InChI is InChI=1S/C11H18N2O/c1-8(2)9(3)6-7-10(4)13-11(14)12-5/h6-8H,3-4H2,1-2,5H3,(H2,12,13,14)/b7-6-. The normalized spacial score (nSPS) is 10.3. The number of rotatable bonds is 4. The number of carbonyl (C=O) groups is 1. The van der Waals surface area contributed by atoms with Gasteiger partial charge in [-0.3, -0.25) is 0 Å². The lowest BCUT2D eigenvalue weighted by molar-refractivity contribution is 0.245. The van der Waals surface area contributed by atoms with Crippen molar-refractivity contribution >= 4 is 6.03 Å². The first-order chi connectivity index (χ1) is 6.47. The minimum atomic E-state index is -0.269. The molecule has 0 bridgehead atoms. The van der Waals surface area contributed by atoms with Crippen molar-refractivity contribution in [1.82, 2.24) is 10.6 Å². The molecule has 0 radical (unpaired) electrons. The lowest BCUT2D eigenvalue weighted by atomic mass is 10.1. The Balaban J connectivity index is 4.06. The molecule has 0 heterocycles. The van der Waals surface area contributed by atoms with Crippen LogP contribution in [0.1, 0.15) is 13.8 Å². The fraction of sp³-hybridized carbons (Fsp3) is 0.364. The summed E-state index contributed by atoms with van der Waals surface area (Å²) in [4.78, 5) is 10.9. The van der Waals surface area contributed by atoms with E-state index >= 15 is 0 Å². The monoisotopic (exact) mass is 194 g/mol. The summed E-state index contributed by atoms with van der Waals surface area (Å²) in [6.45, 7) is 11.7. The Kier molecular flexibility index (Phi) is 5.37. The fourth-order valence-electron chi connectivity index (χ4n) is 0.650. The number of urea groups is 1. The summed E-state index contributed by atoms with van der Waals surface area (Å²) in [7, 11) is 1.55. The molecular weight excluding hydrogens is 176 g/mol. The molecule has 0 fully saturated rings. The van der Waals surface area contributed by atoms with E-state index in [0.717, 1.165) is 5.57 Å². The molecule has 0 aliphatic rings. The van der Waals surface area contributed by atoms with Gasteiger partial charge in [-0.25, -0.2) is 4.79 Å². The molecule has 0 aromatic heterocycles. The van der Waals surface area contributed by atoms with Crippen LogP contribution in [0.4, 0.5) is 4.79 Å². The van der Waals surface area contributed by atoms with E-state index < -0.39 is 0 Å². The van der Waals surface area contributed by atoms with Crippen LogP contribution in [-0.4, -0.2) is 13.1 Å². The SMILES string of the molecule is C=C(/C=C\C(=C)C(C)C)NC(=O)NC. The Morgan fingerprint density at radius 3 is 2.29 bits per heavy atom. The first-order valence-electron chi connectivity index (χ1n) is 4.52. The summed E-state index contributed by atoms with van der Waals surface area (Å²) in [6.07, 6.45) is 3.58. The Bertz CT molecular complexity index is 264. The molecule has 3 heteroatoms. The van der Waals surface area contributed by atoms with Gasteiger partial charge in [0.25, 0.3) is 0 Å². The molecule has 0 aromatic carbocycles. The minimum Gasteiger partial charge on any atom is -0.341 e. The molecule has 0 spiro atoms. The van der Waals surface area contributed by atoms with Crippen molar-refractivity contribution in [1.29, 1.82) is 0 Å². The van der Waals surface area contributed by atoms with Crippen LogP contribution < -0.4 is 10.6 Å². The summed E-state index contributed by atoms with van der Waals surface area (Å²) in [6, 6.07) is -0.269. The van der Waals surface area contributed by atoms with Gasteiger partial charge in [-0.05, 0) is 12.0 Å². The van der Waals surface area contributed by atoms with Gasteiger partial charge in [0, 0.05) is 12.7 Å². The third kappa shape index (κ3) is 5.19. The number of carbonyl (C=O) groups excluding carboxylic acids is 1. The molecule has 0 unspecified atom stereocenters. The topological polar surface area (TPSA) is 41.1 Å². The molecule has 14 heavy (non-hydrogen) atoms. The maximum absolute atomic E-state index is 10.9. The van der Waals surface area contributed by atoms with Crippen molar-refractivity contribution in [2.24, 2.45) is 5.92 Å². The number of hydrogen-bond acceptors (Lipinski definition) is 1. The number of hydrogen-bond donors (Lipinski definition) is 2. The summed E-state index contributed by atoms with van der Waals surface area (Å²) >= 11 is 0. The summed E-state index contributed by atoms with van der Waals surface area (Å²) in [5.41, 5.74) is 1.55. The maximum Gasteiger partial charge on any atom is 0.318 e. The molecule has 0 atom stereocenters. The predicted octanol–water partition coefficient (Wildman–Crippen LogP) is 2.20. The molecule has 0 rings (SSSR count). The van der Waals surface area contributed by atoms with Gasteiger partial charge in [-0.1, -0.05) is 38.7 Å². The van der Waals surface area contributed by atoms with E-state index in [0.29, 0.717) is 11.6 Å². The first kappa shape index (κ1) is 12.5. The average molecular weight is 194 g/mol. The quantitative estimate of drug-likeness (QED) is 0.662. The summed E-state index contributed by atoms with van der Waals surface area (Å²) in [5, 5.41) is 4.99. The smallest absolute Gasteiger partial charge is 0.318 e. The third-order valence-electron chi connectivity index (χ3n) is 1.74. The van der Waals surface area contributed by atoms with Crippen LogP contribution in [0.2, 0.25) is 0 Å². The van der Waals surface area contributed by atoms with Gasteiger partial charge in [0.15, 0.2) is 0 Å². The van der Waals surface area contributed by atoms with E-state index in [2.05, 4.69) is 37.6 Å². The van der Waals surface area contributed by atoms with Crippen molar-refractivity contribution in [2.75, 3.05) is 7.05 Å². The number of allylic oxidation sites excluding steroid dienone is 3. The van der Waals surface area contributed by atoms with E-state index in [9.17, 15) is 4.79 Å². The Hall–Kier alpha value is -1.51. The van der Waals surface area contributed by atoms with Crippen LogP contribution in [0.3, 0.4) is 0 Å². The number of amides is 2. The van der Waals surface area contributed by atoms with Crippen LogP contribution >= 0.6 is 0 Å². The van der Waals surface area contributed by atoms with Gasteiger partial charge in [-0.2, -0.15) is 0 Å². The molecule has 0 saturated carbocycles. The lowest BCUT2D eigenvalue weighted by Gasteiger charge is -2.05. The molecule has 2 N–H and O–H groups in total. The van der Waals surface area contributed by atoms with Gasteiger partial charge in [0.05, 0.1) is 0 Å². The zero-order valence-electron chi connectivity index (χ0n) is 9.05. The highest BCUT2D eigenvalue weighted by molar-refractivity contribution is 5.75. The Morgan fingerprint density at radius 1 is 1.29 bits per heavy atom. The van der Waals surface area contributed by atoms with Crippen molar-refractivity contribution in [2.45, 2.75) is 13.8 Å².